The molecule has 0 spiro atoms. The quantitative estimate of drug-likeness (QED) is 0.0375. The molecule has 6 nitrogen and oxygen atoms in total. The van der Waals surface area contributed by atoms with Gasteiger partial charge in [-0.1, -0.05) is 229 Å². The van der Waals surface area contributed by atoms with Crippen molar-refractivity contribution in [2.75, 3.05) is 7.11 Å². The van der Waals surface area contributed by atoms with Crippen LogP contribution in [0.2, 0.25) is 0 Å². The fourth-order valence-electron chi connectivity index (χ4n) is 15.3. The van der Waals surface area contributed by atoms with Crippen LogP contribution in [0.5, 0.6) is 57.5 Å². The van der Waals surface area contributed by atoms with Crippen molar-refractivity contribution >= 4 is 29.2 Å². The van der Waals surface area contributed by atoms with Crippen molar-refractivity contribution in [2.24, 2.45) is 0 Å². The molecule has 0 aliphatic carbocycles. The number of benzene rings is 12. The first-order valence-electron chi connectivity index (χ1n) is 43.3. The summed E-state index contributed by atoms with van der Waals surface area (Å²) in [5.41, 5.74) is 35.3. The van der Waals surface area contributed by atoms with Gasteiger partial charge in [0.15, 0.2) is 0 Å². The summed E-state index contributed by atoms with van der Waals surface area (Å²) in [6.45, 7) is 37.1. The molecule has 0 N–H and O–H groups in total. The van der Waals surface area contributed by atoms with Gasteiger partial charge in [0.1, 0.15) is 65.9 Å². The van der Waals surface area contributed by atoms with Crippen molar-refractivity contribution in [3.05, 3.63) is 363 Å². The Morgan fingerprint density at radius 1 is 0.195 bits per heavy atom. The topological polar surface area (TPSA) is 55.4 Å². The molecule has 0 saturated heterocycles. The third-order valence-electron chi connectivity index (χ3n) is 21.4. The molecule has 8 heteroatoms. The van der Waals surface area contributed by atoms with Crippen LogP contribution in [0.15, 0.2) is 218 Å². The maximum absolute atomic E-state index is 6.22. The van der Waals surface area contributed by atoms with Gasteiger partial charge >= 0.3 is 0 Å². The van der Waals surface area contributed by atoms with E-state index in [1.807, 2.05) is 42.5 Å². The average molecular weight is 1610 g/mol. The highest BCUT2D eigenvalue weighted by molar-refractivity contribution is 7.35. The van der Waals surface area contributed by atoms with E-state index in [4.69, 9.17) is 28.2 Å². The highest BCUT2D eigenvalue weighted by Crippen LogP contribution is 2.37. The number of methoxy groups -OCH3 is 1. The summed E-state index contributed by atoms with van der Waals surface area (Å²) in [4.78, 5) is 0. The molecule has 118 heavy (non-hydrogen) atoms. The Morgan fingerprint density at radius 3 is 0.627 bits per heavy atom. The van der Waals surface area contributed by atoms with Crippen molar-refractivity contribution in [3.8, 4) is 57.5 Å². The zero-order valence-electron chi connectivity index (χ0n) is 74.3. The van der Waals surface area contributed by atoms with Gasteiger partial charge in [-0.25, -0.2) is 0 Å². The lowest BCUT2D eigenvalue weighted by atomic mass is 9.93. The van der Waals surface area contributed by atoms with Gasteiger partial charge in [-0.3, -0.25) is 0 Å². The fourth-order valence-corrected chi connectivity index (χ4v) is 16.0. The van der Waals surface area contributed by atoms with Gasteiger partial charge in [-0.15, -0.1) is 8.20 Å². The molecule has 0 aliphatic heterocycles. The zero-order valence-corrected chi connectivity index (χ0v) is 76.1. The third kappa shape index (κ3) is 29.1. The van der Waals surface area contributed by atoms with Crippen LogP contribution < -0.4 is 28.2 Å². The Bertz CT molecular complexity index is 4920. The minimum Gasteiger partial charge on any atom is -0.497 e. The van der Waals surface area contributed by atoms with E-state index < -0.39 is 0 Å². The van der Waals surface area contributed by atoms with Crippen LogP contribution in [0.3, 0.4) is 0 Å². The molecule has 0 heterocycles. The maximum Gasteiger partial charge on any atom is 0.135 e. The van der Waals surface area contributed by atoms with Crippen LogP contribution in [-0.2, 0) is 115 Å². The summed E-state index contributed by atoms with van der Waals surface area (Å²) in [5, 5.41) is 0. The van der Waals surface area contributed by atoms with Crippen molar-refractivity contribution in [3.63, 3.8) is 0 Å². The van der Waals surface area contributed by atoms with Gasteiger partial charge in [0.05, 0.1) is 7.11 Å². The molecular formula is C110H130O6P2. The smallest absolute Gasteiger partial charge is 0.135 e. The summed E-state index contributed by atoms with van der Waals surface area (Å²) in [6.07, 6.45) is 26.1. The molecule has 12 aromatic carbocycles. The first-order valence-corrected chi connectivity index (χ1v) is 45.6. The Kier molecular flexibility index (Phi) is 36.4. The number of rotatable bonds is 34. The standard InChI is InChI=1S/C29H35P.C29H36.C26H29O3P.C26H30O3/c1-6-22-9-21(4)10-25(11-22)16-26-12-23(7-2)13-27(17-26)18-28-14-24(8-3)15-29(19-28)20-30-5;1-6-22-10-21(5)11-26(13-22)18-28-16-25(9-4)17-29(20-28)19-27-14-23(7-2)12-24(8-3)15-27;1-6-19-9-18(4)10-22(11-19)27-23-12-20(7-2)13-24(16-23)28-25-14-21(8-3)15-26(17-25)29-30-5;1-6-19-9-18(4)10-23(12-19)28-25-14-21(8-3)15-26(17-25)29-24-13-20(7-2)11-22(16-24)27-5/h9-15,17,19H,5-8,16,18,20H2,1-4H3;10-17,20H,6-9,18-19H2,1-5H3;9-17H,5-8H2,1-4H3;9-17H,6-8H2,1-5H3. The van der Waals surface area contributed by atoms with E-state index in [1.54, 1.807) is 7.11 Å². The van der Waals surface area contributed by atoms with Gasteiger partial charge in [0.2, 0.25) is 0 Å². The Labute approximate surface area is 713 Å². The summed E-state index contributed by atoms with van der Waals surface area (Å²) in [6, 6.07) is 79.5. The van der Waals surface area contributed by atoms with Gasteiger partial charge in [0, 0.05) is 30.4 Å². The lowest BCUT2D eigenvalue weighted by Gasteiger charge is -2.14. The molecule has 0 bridgehead atoms. The lowest BCUT2D eigenvalue weighted by molar-refractivity contribution is 0.408. The first kappa shape index (κ1) is 91.7. The first-order chi connectivity index (χ1) is 57.1. The molecule has 12 aromatic rings. The summed E-state index contributed by atoms with van der Waals surface area (Å²) < 4.78 is 35.8. The second kappa shape index (κ2) is 46.8. The molecule has 0 unspecified atom stereocenters. The molecule has 0 aromatic heterocycles. The van der Waals surface area contributed by atoms with Gasteiger partial charge in [0.25, 0.3) is 0 Å². The van der Waals surface area contributed by atoms with Crippen LogP contribution in [0, 0.1) is 27.7 Å². The summed E-state index contributed by atoms with van der Waals surface area (Å²) in [5.74, 6) is 7.85. The molecular weight excluding hydrogens is 1480 g/mol. The van der Waals surface area contributed by atoms with Crippen LogP contribution in [0.25, 0.3) is 0 Å². The van der Waals surface area contributed by atoms with Crippen molar-refractivity contribution in [2.45, 2.75) is 233 Å². The van der Waals surface area contributed by atoms with E-state index in [2.05, 4.69) is 306 Å². The minimum absolute atomic E-state index is 0.613. The Morgan fingerprint density at radius 2 is 0.364 bits per heavy atom. The molecule has 0 saturated carbocycles. The lowest BCUT2D eigenvalue weighted by Crippen LogP contribution is -1.98. The number of ether oxygens (including phenoxy) is 5. The largest absolute Gasteiger partial charge is 0.497 e. The van der Waals surface area contributed by atoms with Gasteiger partial charge in [-0.2, -0.15) is 0 Å². The van der Waals surface area contributed by atoms with Crippen LogP contribution >= 0.6 is 16.6 Å². The molecule has 12 rings (SSSR count). The highest BCUT2D eigenvalue weighted by Gasteiger charge is 2.15. The van der Waals surface area contributed by atoms with Crippen molar-refractivity contribution in [1.82, 2.24) is 0 Å². The van der Waals surface area contributed by atoms with E-state index in [-0.39, 0.29) is 0 Å². The van der Waals surface area contributed by atoms with Crippen molar-refractivity contribution in [1.29, 1.82) is 0 Å². The number of hydrogen-bond acceptors (Lipinski definition) is 6. The summed E-state index contributed by atoms with van der Waals surface area (Å²) >= 11 is 0. The van der Waals surface area contributed by atoms with E-state index in [9.17, 15) is 0 Å². The highest BCUT2D eigenvalue weighted by atomic mass is 31.1. The van der Waals surface area contributed by atoms with Crippen LogP contribution in [0.4, 0.5) is 0 Å². The molecule has 0 amide bonds. The second-order valence-corrected chi connectivity index (χ2v) is 32.6. The van der Waals surface area contributed by atoms with Gasteiger partial charge < -0.3 is 28.2 Å². The Balaban J connectivity index is 0.000000179. The van der Waals surface area contributed by atoms with Crippen molar-refractivity contribution < 1.29 is 28.2 Å². The van der Waals surface area contributed by atoms with Crippen LogP contribution in [0.1, 0.15) is 235 Å². The Hall–Kier alpha value is -10.2. The van der Waals surface area contributed by atoms with E-state index >= 15 is 0 Å². The summed E-state index contributed by atoms with van der Waals surface area (Å²) in [7, 11) is 3.48. The molecule has 0 aliphatic rings. The predicted molar refractivity (Wildman–Crippen MR) is 509 cm³/mol. The maximum atomic E-state index is 6.22. The molecule has 0 atom stereocenters. The van der Waals surface area contributed by atoms with Gasteiger partial charge in [-0.05, 0) is 349 Å². The van der Waals surface area contributed by atoms with E-state index in [0.29, 0.717) is 8.43 Å². The van der Waals surface area contributed by atoms with E-state index in [0.717, 1.165) is 184 Å². The third-order valence-corrected chi connectivity index (χ3v) is 22.3. The fraction of sp³-hybridized carbons (Fsp3) is 0.327. The second-order valence-electron chi connectivity index (χ2n) is 31.4. The molecule has 0 fully saturated rings. The number of hydrogen-bond donors (Lipinski definition) is 0. The molecule has 0 radical (unpaired) electrons. The normalized spacial score (nSPS) is 10.9. The number of aryl methyl sites for hydroxylation is 17. The SMILES string of the molecule is C=PCc1cc(CC)cc(Cc2cc(CC)cc(Cc3cc(C)cc(CC)c3)c2)c1.C=POc1cc(CC)cc(Oc2cc(CC)cc(Oc3cc(C)cc(CC)c3)c2)c1.CCc1cc(C)cc(Cc2cc(CC)cc(Cc3cc(CC)cc(CC)c3)c2)c1.CCc1cc(C)cc(Oc2cc(CC)cc(Oc3cc(CC)cc(OC)c3)c2)c1. The van der Waals surface area contributed by atoms with E-state index in [1.165, 1.54) is 142 Å². The average Bonchev–Trinajstić information content (AvgIpc) is 0.808. The molecule has 616 valence electrons. The zero-order chi connectivity index (χ0) is 84.6. The minimum atomic E-state index is 0.613. The predicted octanol–water partition coefficient (Wildman–Crippen LogP) is 30.4. The monoisotopic (exact) mass is 1610 g/mol. The van der Waals surface area contributed by atoms with Crippen LogP contribution in [-0.4, -0.2) is 19.7 Å².